The number of nitrogens with zero attached hydrogens (tertiary/aromatic N) is 2. The van der Waals surface area contributed by atoms with Crippen LogP contribution < -0.4 is 15.8 Å². The highest BCUT2D eigenvalue weighted by Crippen LogP contribution is 2.39. The summed E-state index contributed by atoms with van der Waals surface area (Å²) in [6.07, 6.45) is 11.6. The monoisotopic (exact) mass is 562 g/mol. The fourth-order valence-corrected chi connectivity index (χ4v) is 5.71. The SMILES string of the molecule is C=Nc1cc(NC(=O)C2C(C3CCCCC3)CCN2C)ccc1OCC(=O)O.CCC(C=O)CCCC(N)CF. The fourth-order valence-electron chi connectivity index (χ4n) is 5.71. The molecule has 3 rings (SSSR count). The number of carboxylic acid groups (broad SMARTS) is 1. The van der Waals surface area contributed by atoms with Crippen LogP contribution in [0.3, 0.4) is 0 Å². The van der Waals surface area contributed by atoms with Crippen LogP contribution in [0.2, 0.25) is 0 Å². The van der Waals surface area contributed by atoms with Gasteiger partial charge in [-0.2, -0.15) is 0 Å². The summed E-state index contributed by atoms with van der Waals surface area (Å²) < 4.78 is 17.1. The molecule has 0 spiro atoms. The molecule has 1 aromatic rings. The number of nitrogens with two attached hydrogens (primary N) is 1. The summed E-state index contributed by atoms with van der Waals surface area (Å²) in [5.74, 6) is 0.438. The van der Waals surface area contributed by atoms with Crippen molar-refractivity contribution in [2.45, 2.75) is 83.2 Å². The lowest BCUT2D eigenvalue weighted by Crippen LogP contribution is -2.43. The highest BCUT2D eigenvalue weighted by Gasteiger charge is 2.41. The molecule has 2 fully saturated rings. The van der Waals surface area contributed by atoms with Gasteiger partial charge in [-0.05, 0) is 76.0 Å². The first-order valence-corrected chi connectivity index (χ1v) is 14.5. The molecule has 0 radical (unpaired) electrons. The van der Waals surface area contributed by atoms with Gasteiger partial charge >= 0.3 is 5.97 Å². The molecule has 0 bridgehead atoms. The van der Waals surface area contributed by atoms with Crippen molar-refractivity contribution in [2.75, 3.05) is 32.2 Å². The summed E-state index contributed by atoms with van der Waals surface area (Å²) in [6.45, 7) is 5.51. The van der Waals surface area contributed by atoms with Crippen LogP contribution in [0.25, 0.3) is 0 Å². The molecule has 1 aliphatic carbocycles. The van der Waals surface area contributed by atoms with E-state index in [0.717, 1.165) is 38.5 Å². The molecule has 1 heterocycles. The van der Waals surface area contributed by atoms with Crippen LogP contribution >= 0.6 is 0 Å². The number of hydrogen-bond acceptors (Lipinski definition) is 7. The zero-order valence-electron chi connectivity index (χ0n) is 24.0. The highest BCUT2D eigenvalue weighted by atomic mass is 19.1. The number of nitrogens with one attached hydrogen (secondary N) is 1. The minimum atomic E-state index is -1.06. The minimum absolute atomic E-state index is 0.00444. The quantitative estimate of drug-likeness (QED) is 0.215. The van der Waals surface area contributed by atoms with Crippen molar-refractivity contribution < 1.29 is 28.6 Å². The molecular weight excluding hydrogens is 515 g/mol. The number of rotatable bonds is 14. The predicted octanol–water partition coefficient (Wildman–Crippen LogP) is 5.00. The number of aliphatic carboxylic acids is 1. The smallest absolute Gasteiger partial charge is 0.341 e. The van der Waals surface area contributed by atoms with Crippen LogP contribution in [0, 0.1) is 17.8 Å². The summed E-state index contributed by atoms with van der Waals surface area (Å²) in [5, 5.41) is 11.8. The van der Waals surface area contributed by atoms with E-state index in [1.54, 1.807) is 18.2 Å². The van der Waals surface area contributed by atoms with Gasteiger partial charge in [0, 0.05) is 17.6 Å². The summed E-state index contributed by atoms with van der Waals surface area (Å²) in [6, 6.07) is 4.51. The Morgan fingerprint density at radius 1 is 1.27 bits per heavy atom. The zero-order valence-corrected chi connectivity index (χ0v) is 24.0. The third-order valence-corrected chi connectivity index (χ3v) is 8.03. The number of alkyl halides is 1. The van der Waals surface area contributed by atoms with E-state index in [1.165, 1.54) is 32.1 Å². The van der Waals surface area contributed by atoms with E-state index in [9.17, 15) is 18.8 Å². The maximum Gasteiger partial charge on any atom is 0.341 e. The molecule has 4 unspecified atom stereocenters. The van der Waals surface area contributed by atoms with Gasteiger partial charge in [-0.3, -0.25) is 14.7 Å². The first-order valence-electron chi connectivity index (χ1n) is 14.5. The van der Waals surface area contributed by atoms with Gasteiger partial charge in [0.15, 0.2) is 6.61 Å². The van der Waals surface area contributed by atoms with Gasteiger partial charge in [0.05, 0.1) is 6.04 Å². The Morgan fingerprint density at radius 3 is 2.60 bits per heavy atom. The largest absolute Gasteiger partial charge is 0.480 e. The molecule has 4 atom stereocenters. The van der Waals surface area contributed by atoms with Crippen molar-refractivity contribution >= 4 is 36.3 Å². The van der Waals surface area contributed by atoms with E-state index in [1.807, 2.05) is 14.0 Å². The first-order chi connectivity index (χ1) is 19.2. The average molecular weight is 563 g/mol. The third kappa shape index (κ3) is 10.6. The van der Waals surface area contributed by atoms with Crippen molar-refractivity contribution in [3.05, 3.63) is 18.2 Å². The average Bonchev–Trinajstić information content (AvgIpc) is 3.36. The van der Waals surface area contributed by atoms with Gasteiger partial charge in [-0.25, -0.2) is 9.18 Å². The predicted molar refractivity (Wildman–Crippen MR) is 156 cm³/mol. The second-order valence-electron chi connectivity index (χ2n) is 10.9. The Morgan fingerprint density at radius 2 is 2.00 bits per heavy atom. The van der Waals surface area contributed by atoms with Crippen molar-refractivity contribution in [2.24, 2.45) is 28.5 Å². The molecule has 9 nitrogen and oxygen atoms in total. The number of aldehydes is 1. The Hall–Kier alpha value is -2.85. The van der Waals surface area contributed by atoms with Crippen molar-refractivity contribution in [3.8, 4) is 5.75 Å². The molecule has 1 saturated heterocycles. The normalized spacial score (nSPS) is 21.0. The summed E-state index contributed by atoms with van der Waals surface area (Å²) >= 11 is 0. The molecule has 1 amide bonds. The highest BCUT2D eigenvalue weighted by molar-refractivity contribution is 5.96. The number of ether oxygens (including phenoxy) is 1. The van der Waals surface area contributed by atoms with E-state index in [2.05, 4.69) is 21.9 Å². The summed E-state index contributed by atoms with van der Waals surface area (Å²) in [5.41, 5.74) is 6.39. The number of anilines is 1. The number of carbonyl (C=O) groups is 3. The second-order valence-corrected chi connectivity index (χ2v) is 10.9. The lowest BCUT2D eigenvalue weighted by Gasteiger charge is -2.32. The Kier molecular flexibility index (Phi) is 14.8. The second kappa shape index (κ2) is 17.8. The van der Waals surface area contributed by atoms with Gasteiger partial charge in [0.2, 0.25) is 5.91 Å². The van der Waals surface area contributed by atoms with Crippen LogP contribution in [0.4, 0.5) is 15.8 Å². The molecule has 40 heavy (non-hydrogen) atoms. The molecule has 0 aromatic heterocycles. The van der Waals surface area contributed by atoms with Crippen LogP contribution in [0.1, 0.15) is 71.1 Å². The summed E-state index contributed by atoms with van der Waals surface area (Å²) in [4.78, 5) is 40.2. The van der Waals surface area contributed by atoms with Gasteiger partial charge in [0.25, 0.3) is 0 Å². The van der Waals surface area contributed by atoms with Crippen LogP contribution in [0.15, 0.2) is 23.2 Å². The maximum absolute atomic E-state index is 13.1. The van der Waals surface area contributed by atoms with Gasteiger partial charge < -0.3 is 25.7 Å². The topological polar surface area (TPSA) is 134 Å². The molecule has 1 aliphatic heterocycles. The lowest BCUT2D eigenvalue weighted by molar-refractivity contribution is -0.139. The van der Waals surface area contributed by atoms with Gasteiger partial charge in [0.1, 0.15) is 24.4 Å². The summed E-state index contributed by atoms with van der Waals surface area (Å²) in [7, 11) is 2.02. The Bertz CT molecular complexity index is 956. The fraction of sp³-hybridized carbons (Fsp3) is 0.667. The molecule has 2 aliphatic rings. The number of amides is 1. The van der Waals surface area contributed by atoms with Crippen molar-refractivity contribution in [3.63, 3.8) is 0 Å². The Balaban J connectivity index is 0.000000395. The molecule has 10 heteroatoms. The Labute approximate surface area is 237 Å². The number of carbonyl (C=O) groups excluding carboxylic acids is 2. The molecular formula is C30H47FN4O5. The van der Waals surface area contributed by atoms with Crippen LogP contribution in [-0.2, 0) is 14.4 Å². The first kappa shape index (κ1) is 33.4. The molecule has 224 valence electrons. The standard InChI is InChI=1S/C21H29N3O4.C9H18FNO/c1-22-17-12-15(8-9-18(17)28-13-19(25)26)23-21(27)20-16(10-11-24(20)2)14-6-4-3-5-7-14;1-2-8(7-12)4-3-5-9(11)6-10/h8-9,12,14,16,20H,1,3-7,10-11,13H2,2H3,(H,23,27)(H,25,26);7-9H,2-6,11H2,1H3. The van der Waals surface area contributed by atoms with Crippen molar-refractivity contribution in [1.82, 2.24) is 4.90 Å². The molecule has 4 N–H and O–H groups in total. The zero-order chi connectivity index (χ0) is 29.5. The molecule has 1 saturated carbocycles. The van der Waals surface area contributed by atoms with E-state index < -0.39 is 19.3 Å². The number of carboxylic acids is 1. The number of halogens is 1. The number of likely N-dealkylation sites (N-methyl/N-ethyl adjacent to an activating group) is 1. The van der Waals surface area contributed by atoms with E-state index >= 15 is 0 Å². The maximum atomic E-state index is 13.1. The van der Waals surface area contributed by atoms with Crippen LogP contribution in [-0.4, -0.2) is 73.8 Å². The number of hydrogen-bond donors (Lipinski definition) is 3. The van der Waals surface area contributed by atoms with Crippen molar-refractivity contribution in [1.29, 1.82) is 0 Å². The van der Waals surface area contributed by atoms with E-state index in [-0.39, 0.29) is 23.9 Å². The van der Waals surface area contributed by atoms with Crippen LogP contribution in [0.5, 0.6) is 5.75 Å². The number of benzene rings is 1. The van der Waals surface area contributed by atoms with Gasteiger partial charge in [-0.1, -0.05) is 45.4 Å². The van der Waals surface area contributed by atoms with E-state index in [0.29, 0.717) is 35.4 Å². The van der Waals surface area contributed by atoms with E-state index in [4.69, 9.17) is 15.6 Å². The lowest BCUT2D eigenvalue weighted by atomic mass is 9.76. The third-order valence-electron chi connectivity index (χ3n) is 8.03. The molecule has 1 aromatic carbocycles. The number of aliphatic imine (C=N–C) groups is 1. The minimum Gasteiger partial charge on any atom is -0.480 e. The van der Waals surface area contributed by atoms with Gasteiger partial charge in [-0.15, -0.1) is 0 Å². The number of likely N-dealkylation sites (tertiary alicyclic amines) is 1.